The number of aryl methyl sites for hydroxylation is 1. The summed E-state index contributed by atoms with van der Waals surface area (Å²) in [6.45, 7) is 18.1. The summed E-state index contributed by atoms with van der Waals surface area (Å²) in [6, 6.07) is 6.20. The molecule has 1 rings (SSSR count). The van der Waals surface area contributed by atoms with E-state index < -0.39 is 23.8 Å². The molecule has 222 valence electrons. The Hall–Kier alpha value is -2.57. The van der Waals surface area contributed by atoms with E-state index in [-0.39, 0.29) is 23.8 Å². The van der Waals surface area contributed by atoms with E-state index in [1.54, 1.807) is 25.7 Å². The van der Waals surface area contributed by atoms with Gasteiger partial charge in [-0.25, -0.2) is 4.79 Å². The lowest BCUT2D eigenvalue weighted by Gasteiger charge is -2.35. The largest absolute Gasteiger partial charge is 0.444 e. The third kappa shape index (κ3) is 13.4. The Kier molecular flexibility index (Phi) is 15.2. The van der Waals surface area contributed by atoms with Crippen LogP contribution in [0.25, 0.3) is 0 Å². The number of nitrogens with one attached hydrogen (secondary N) is 2. The smallest absolute Gasteiger partial charge is 0.408 e. The minimum Gasteiger partial charge on any atom is -0.444 e. The van der Waals surface area contributed by atoms with Gasteiger partial charge in [-0.05, 0) is 65.4 Å². The van der Waals surface area contributed by atoms with E-state index in [2.05, 4.69) is 24.5 Å². The first-order valence-electron chi connectivity index (χ1n) is 15.0. The van der Waals surface area contributed by atoms with E-state index >= 15 is 0 Å². The van der Waals surface area contributed by atoms with Crippen LogP contribution >= 0.6 is 0 Å². The minimum atomic E-state index is -0.802. The van der Waals surface area contributed by atoms with Gasteiger partial charge in [0.15, 0.2) is 0 Å². The van der Waals surface area contributed by atoms with Gasteiger partial charge in [-0.15, -0.1) is 0 Å². The van der Waals surface area contributed by atoms with E-state index in [0.29, 0.717) is 13.0 Å². The molecule has 3 unspecified atom stereocenters. The van der Waals surface area contributed by atoms with Crippen molar-refractivity contribution >= 4 is 17.9 Å². The van der Waals surface area contributed by atoms with Crippen LogP contribution in [0.2, 0.25) is 0 Å². The number of hydrogen-bond acceptors (Lipinski definition) is 4. The van der Waals surface area contributed by atoms with Crippen LogP contribution in [0.15, 0.2) is 24.3 Å². The molecular formula is C32H55N3O4. The third-order valence-corrected chi connectivity index (χ3v) is 6.55. The number of carbonyl (C=O) groups excluding carboxylic acids is 3. The molecule has 0 bridgehead atoms. The van der Waals surface area contributed by atoms with Crippen molar-refractivity contribution in [1.29, 1.82) is 0 Å². The minimum absolute atomic E-state index is 0.0108. The summed E-state index contributed by atoms with van der Waals surface area (Å²) >= 11 is 0. The summed E-state index contributed by atoms with van der Waals surface area (Å²) in [4.78, 5) is 42.6. The molecule has 7 nitrogen and oxygen atoms in total. The van der Waals surface area contributed by atoms with Gasteiger partial charge in [0, 0.05) is 12.6 Å². The van der Waals surface area contributed by atoms with Crippen molar-refractivity contribution in [2.45, 2.75) is 137 Å². The summed E-state index contributed by atoms with van der Waals surface area (Å²) in [5, 5.41) is 5.97. The highest BCUT2D eigenvalue weighted by molar-refractivity contribution is 5.92. The van der Waals surface area contributed by atoms with Crippen LogP contribution in [-0.2, 0) is 14.3 Å². The fourth-order valence-corrected chi connectivity index (χ4v) is 4.64. The normalized spacial score (nSPS) is 13.9. The molecule has 0 radical (unpaired) electrons. The third-order valence-electron chi connectivity index (χ3n) is 6.55. The SMILES string of the molecule is CCCCCCCN(C(=O)C(CC(C)C)NC(=O)OC(C)(C)C)C(C(=O)NC(C)CCC)c1ccc(C)cc1. The predicted molar refractivity (Wildman–Crippen MR) is 160 cm³/mol. The van der Waals surface area contributed by atoms with E-state index in [9.17, 15) is 14.4 Å². The average molecular weight is 546 g/mol. The number of benzene rings is 1. The predicted octanol–water partition coefficient (Wildman–Crippen LogP) is 7.08. The van der Waals surface area contributed by atoms with Crippen LogP contribution in [0.3, 0.4) is 0 Å². The molecule has 3 amide bonds. The lowest BCUT2D eigenvalue weighted by Crippen LogP contribution is -2.54. The monoisotopic (exact) mass is 545 g/mol. The number of rotatable bonds is 16. The zero-order valence-corrected chi connectivity index (χ0v) is 26.1. The van der Waals surface area contributed by atoms with Gasteiger partial charge in [-0.1, -0.05) is 89.6 Å². The zero-order valence-electron chi connectivity index (χ0n) is 26.1. The second kappa shape index (κ2) is 17.2. The molecule has 7 heteroatoms. The molecule has 0 fully saturated rings. The van der Waals surface area contributed by atoms with E-state index in [1.165, 1.54) is 0 Å². The summed E-state index contributed by atoms with van der Waals surface area (Å²) in [6.07, 6.45) is 6.73. The van der Waals surface area contributed by atoms with Crippen LogP contribution in [-0.4, -0.2) is 47.0 Å². The van der Waals surface area contributed by atoms with Crippen molar-refractivity contribution in [3.63, 3.8) is 0 Å². The van der Waals surface area contributed by atoms with E-state index in [1.807, 2.05) is 52.0 Å². The maximum absolute atomic E-state index is 14.3. The van der Waals surface area contributed by atoms with Crippen LogP contribution in [0.5, 0.6) is 0 Å². The van der Waals surface area contributed by atoms with Crippen LogP contribution in [0.1, 0.15) is 124 Å². The fourth-order valence-electron chi connectivity index (χ4n) is 4.64. The Balaban J connectivity index is 3.47. The van der Waals surface area contributed by atoms with Crippen molar-refractivity contribution in [3.05, 3.63) is 35.4 Å². The number of alkyl carbamates (subject to hydrolysis) is 1. The molecule has 1 aromatic rings. The Bertz CT molecular complexity index is 876. The molecule has 0 aliphatic heterocycles. The van der Waals surface area contributed by atoms with Gasteiger partial charge in [0.1, 0.15) is 17.7 Å². The van der Waals surface area contributed by atoms with Gasteiger partial charge in [-0.3, -0.25) is 9.59 Å². The summed E-state index contributed by atoms with van der Waals surface area (Å²) in [7, 11) is 0. The summed E-state index contributed by atoms with van der Waals surface area (Å²) in [5.41, 5.74) is 1.16. The highest BCUT2D eigenvalue weighted by Crippen LogP contribution is 2.26. The Morgan fingerprint density at radius 3 is 2.05 bits per heavy atom. The molecule has 0 spiro atoms. The molecular weight excluding hydrogens is 490 g/mol. The van der Waals surface area contributed by atoms with Gasteiger partial charge < -0.3 is 20.3 Å². The molecule has 39 heavy (non-hydrogen) atoms. The first kappa shape index (κ1) is 34.5. The van der Waals surface area contributed by atoms with Crippen molar-refractivity contribution in [1.82, 2.24) is 15.5 Å². The fraction of sp³-hybridized carbons (Fsp3) is 0.719. The Morgan fingerprint density at radius 1 is 0.897 bits per heavy atom. The number of nitrogens with zero attached hydrogens (tertiary/aromatic N) is 1. The maximum atomic E-state index is 14.3. The second-order valence-corrected chi connectivity index (χ2v) is 12.3. The molecule has 0 aromatic heterocycles. The molecule has 0 aliphatic rings. The molecule has 2 N–H and O–H groups in total. The summed E-state index contributed by atoms with van der Waals surface area (Å²) < 4.78 is 5.49. The quantitative estimate of drug-likeness (QED) is 0.217. The molecule has 3 atom stereocenters. The second-order valence-electron chi connectivity index (χ2n) is 12.3. The standard InChI is InChI=1S/C32H55N3O4/c1-10-12-13-14-15-21-35(30(37)27(22-23(3)4)34-31(38)39-32(7,8)9)28(26-19-17-24(5)18-20-26)29(36)33-25(6)16-11-2/h17-20,23,25,27-28H,10-16,21-22H2,1-9H3,(H,33,36)(H,34,38). The first-order valence-corrected chi connectivity index (χ1v) is 15.0. The molecule has 0 heterocycles. The highest BCUT2D eigenvalue weighted by Gasteiger charge is 2.36. The van der Waals surface area contributed by atoms with Crippen LogP contribution in [0, 0.1) is 12.8 Å². The zero-order chi connectivity index (χ0) is 29.6. The average Bonchev–Trinajstić information content (AvgIpc) is 2.82. The Labute approximate surface area is 237 Å². The summed E-state index contributed by atoms with van der Waals surface area (Å²) in [5.74, 6) is -0.298. The first-order chi connectivity index (χ1) is 18.3. The van der Waals surface area contributed by atoms with Crippen molar-refractivity contribution in [2.24, 2.45) is 5.92 Å². The van der Waals surface area contributed by atoms with E-state index in [4.69, 9.17) is 4.74 Å². The lowest BCUT2D eigenvalue weighted by atomic mass is 9.97. The molecule has 0 saturated carbocycles. The van der Waals surface area contributed by atoms with Gasteiger partial charge >= 0.3 is 6.09 Å². The van der Waals surface area contributed by atoms with Gasteiger partial charge in [0.05, 0.1) is 0 Å². The number of unbranched alkanes of at least 4 members (excludes halogenated alkanes) is 4. The number of hydrogen-bond donors (Lipinski definition) is 2. The maximum Gasteiger partial charge on any atom is 0.408 e. The number of amides is 3. The van der Waals surface area contributed by atoms with Crippen molar-refractivity contribution in [3.8, 4) is 0 Å². The van der Waals surface area contributed by atoms with Crippen molar-refractivity contribution < 1.29 is 19.1 Å². The Morgan fingerprint density at radius 2 is 1.51 bits per heavy atom. The highest BCUT2D eigenvalue weighted by atomic mass is 16.6. The molecule has 0 aliphatic carbocycles. The van der Waals surface area contributed by atoms with Gasteiger partial charge in [0.2, 0.25) is 11.8 Å². The molecule has 0 saturated heterocycles. The van der Waals surface area contributed by atoms with Crippen LogP contribution < -0.4 is 10.6 Å². The van der Waals surface area contributed by atoms with Crippen molar-refractivity contribution in [2.75, 3.05) is 6.54 Å². The van der Waals surface area contributed by atoms with Gasteiger partial charge in [-0.2, -0.15) is 0 Å². The number of carbonyl (C=O) groups is 3. The van der Waals surface area contributed by atoms with Gasteiger partial charge in [0.25, 0.3) is 0 Å². The lowest BCUT2D eigenvalue weighted by molar-refractivity contribution is -0.143. The topological polar surface area (TPSA) is 87.7 Å². The van der Waals surface area contributed by atoms with E-state index in [0.717, 1.165) is 56.1 Å². The molecule has 1 aromatic carbocycles. The van der Waals surface area contributed by atoms with Crippen LogP contribution in [0.4, 0.5) is 4.79 Å². The number of ether oxygens (including phenoxy) is 1.